The van der Waals surface area contributed by atoms with Crippen LogP contribution in [0.15, 0.2) is 47.6 Å². The van der Waals surface area contributed by atoms with Crippen molar-refractivity contribution in [1.29, 1.82) is 0 Å². The van der Waals surface area contributed by atoms with E-state index in [1.54, 1.807) is 41.1 Å². The minimum atomic E-state index is -2.43. The van der Waals surface area contributed by atoms with Gasteiger partial charge in [-0.1, -0.05) is 71.1 Å². The lowest BCUT2D eigenvalue weighted by atomic mass is 9.78. The molecule has 1 aliphatic carbocycles. The first-order valence-corrected chi connectivity index (χ1v) is 23.9. The fourth-order valence-electron chi connectivity index (χ4n) is 10.1. The third-order valence-electron chi connectivity index (χ3n) is 14.5. The van der Waals surface area contributed by atoms with Crippen LogP contribution in [0.5, 0.6) is 0 Å². The van der Waals surface area contributed by atoms with Crippen molar-refractivity contribution >= 4 is 29.2 Å². The Morgan fingerprint density at radius 3 is 2.26 bits per heavy atom. The number of aliphatic hydroxyl groups is 3. The largest absolute Gasteiger partial charge is 1.00 e. The van der Waals surface area contributed by atoms with Crippen LogP contribution >= 0.6 is 0 Å². The summed E-state index contributed by atoms with van der Waals surface area (Å²) >= 11 is 0. The van der Waals surface area contributed by atoms with Crippen molar-refractivity contribution in [3.8, 4) is 0 Å². The first-order valence-electron chi connectivity index (χ1n) is 23.9. The van der Waals surface area contributed by atoms with Crippen LogP contribution in [0.25, 0.3) is 0 Å². The second-order valence-electron chi connectivity index (χ2n) is 19.6. The van der Waals surface area contributed by atoms with Crippen molar-refractivity contribution in [3.05, 3.63) is 47.6 Å². The van der Waals surface area contributed by atoms with Crippen LogP contribution in [0.1, 0.15) is 127 Å². The second-order valence-corrected chi connectivity index (χ2v) is 19.6. The van der Waals surface area contributed by atoms with Gasteiger partial charge in [0.05, 0.1) is 24.4 Å². The lowest BCUT2D eigenvalue weighted by Crippen LogP contribution is -2.61. The predicted molar refractivity (Wildman–Crippen MR) is 246 cm³/mol. The lowest BCUT2D eigenvalue weighted by molar-refractivity contribution is -0.265. The molecule has 366 valence electrons. The first-order chi connectivity index (χ1) is 30.7. The molecule has 3 aliphatic heterocycles. The number of esters is 1. The molecule has 0 radical (unpaired) electrons. The zero-order valence-electron chi connectivity index (χ0n) is 41.6. The number of hydrogen-bond acceptors (Lipinski definition) is 13. The third kappa shape index (κ3) is 14.3. The van der Waals surface area contributed by atoms with E-state index in [0.29, 0.717) is 63.4 Å². The number of fused-ring (bicyclic) bond motifs is 3. The predicted octanol–water partition coefficient (Wildman–Crippen LogP) is 6.29. The molecule has 0 aromatic heterocycles. The molecule has 0 unspecified atom stereocenters. The van der Waals surface area contributed by atoms with Crippen LogP contribution in [0.4, 0.5) is 0 Å². The normalized spacial score (nSPS) is 39.1. The molecule has 3 heterocycles. The van der Waals surface area contributed by atoms with Crippen molar-refractivity contribution in [3.63, 3.8) is 0 Å². The van der Waals surface area contributed by atoms with E-state index in [9.17, 15) is 39.3 Å². The minimum absolute atomic E-state index is 0. The number of rotatable bonds is 6. The summed E-state index contributed by atoms with van der Waals surface area (Å²) in [6.07, 6.45) is 11.2. The number of methoxy groups -OCH3 is 3. The summed E-state index contributed by atoms with van der Waals surface area (Å²) in [5.41, 5.74) is 1.27. The van der Waals surface area contributed by atoms with Crippen molar-refractivity contribution in [2.24, 2.45) is 35.5 Å². The number of ether oxygens (including phenoxy) is 5. The van der Waals surface area contributed by atoms with Crippen molar-refractivity contribution in [2.75, 3.05) is 27.9 Å². The molecule has 4 aliphatic rings. The molecule has 1 amide bonds. The summed E-state index contributed by atoms with van der Waals surface area (Å²) in [4.78, 5) is 71.8. The maximum Gasteiger partial charge on any atom is 1.00 e. The summed E-state index contributed by atoms with van der Waals surface area (Å²) < 4.78 is 29.4. The topological polar surface area (TPSA) is 195 Å². The number of ketones is 3. The number of Topliss-reactive ketones (excluding diaryl/α,β-unsaturated/α-hetero) is 3. The van der Waals surface area contributed by atoms with Crippen LogP contribution in [0, 0.1) is 35.5 Å². The molecule has 14 nitrogen and oxygen atoms in total. The van der Waals surface area contributed by atoms with Gasteiger partial charge < -0.3 is 43.9 Å². The number of carbonyl (C=O) groups excluding carboxylic acids is 5. The van der Waals surface area contributed by atoms with Gasteiger partial charge in [-0.15, -0.1) is 0 Å². The number of allylic oxidation sites excluding steroid dienone is 6. The quantitative estimate of drug-likeness (QED) is 0.153. The second kappa shape index (κ2) is 25.1. The molecule has 2 bridgehead atoms. The third-order valence-corrected chi connectivity index (χ3v) is 14.5. The Morgan fingerprint density at radius 2 is 1.58 bits per heavy atom. The Morgan fingerprint density at radius 1 is 0.862 bits per heavy atom. The number of nitrogens with zero attached hydrogens (tertiary/aromatic N) is 1. The summed E-state index contributed by atoms with van der Waals surface area (Å²) in [7, 11) is 4.52. The van der Waals surface area contributed by atoms with Gasteiger partial charge in [0.25, 0.3) is 11.7 Å². The summed E-state index contributed by atoms with van der Waals surface area (Å²) in [6, 6.07) is -1.14. The van der Waals surface area contributed by atoms with Crippen molar-refractivity contribution < 1.29 is 64.4 Å². The molecular weight excluding hydrogens is 835 g/mol. The highest BCUT2D eigenvalue weighted by Gasteiger charge is 2.53. The molecule has 3 fully saturated rings. The minimum Gasteiger partial charge on any atom is -0.460 e. The summed E-state index contributed by atoms with van der Waals surface area (Å²) in [6.45, 7) is 12.7. The van der Waals surface area contributed by atoms with Crippen LogP contribution in [-0.2, 0) is 47.7 Å². The van der Waals surface area contributed by atoms with E-state index in [-0.39, 0.29) is 56.2 Å². The number of hydrogen-bond donors (Lipinski definition) is 3. The Labute approximate surface area is 388 Å². The van der Waals surface area contributed by atoms with Crippen molar-refractivity contribution in [1.82, 2.24) is 4.90 Å². The van der Waals surface area contributed by atoms with Gasteiger partial charge in [-0.2, -0.15) is 0 Å². The molecule has 65 heavy (non-hydrogen) atoms. The number of amides is 1. The molecule has 2 saturated heterocycles. The maximum absolute atomic E-state index is 14.4. The van der Waals surface area contributed by atoms with Crippen LogP contribution in [0.3, 0.4) is 0 Å². The first kappa shape index (κ1) is 54.2. The molecule has 0 aromatic rings. The Hall–Kier alpha value is -3.37. The molecule has 15 atom stereocenters. The maximum atomic E-state index is 14.4. The number of carbonyl (C=O) groups is 5. The SMILES string of the molecule is CO[C@H]1C[C@@H]2CC[C@@H](C)[C@@](O)(O2)C(=O)C(=O)N2CCCC[C@H]2C(=O)O[C@H]([C@H](C)C[C@@H]2CC[C@@H](O)[C@H](OC)C2)CC(=O)[C@H](C)/C=C(\C)[C@@H](O)[C@@H](OC)C(=O)[C@H](C)C[C@H](C)/C=C/C=CC=C1C.[H+]. The standard InChI is InChI=1S/C51H79NO13/c1-30-16-12-11-13-17-31(2)42(61-8)28-38-21-19-36(7)51(60,65-38)48(57)49(58)52-23-15-14-18-39(52)50(59)64-43(33(4)26-37-20-22-40(53)44(27-37)62-9)29-41(54)32(3)25-35(6)46(56)47(63-10)45(55)34(5)24-30/h11-13,16-17,25,30,32-34,36-40,42-44,46-47,53,56,60H,14-15,18-24,26-29H2,1-10H3/p+1/b13-11?,16-12+,31-17?,35-25+/t30-,32-,33-,34-,36-,37+,38+,39+,40-,42+,43+,44-,46-,47+,51-/m1/s1. The molecule has 4 rings (SSSR count). The molecule has 3 N–H and O–H groups in total. The van der Waals surface area contributed by atoms with Crippen molar-refractivity contribution in [2.45, 2.75) is 180 Å². The van der Waals surface area contributed by atoms with Gasteiger partial charge in [0.1, 0.15) is 30.1 Å². The molecular formula is C51H80NO13+. The van der Waals surface area contributed by atoms with Gasteiger partial charge in [-0.3, -0.25) is 19.2 Å². The van der Waals surface area contributed by atoms with E-state index in [1.165, 1.54) is 12.0 Å². The fraction of sp³-hybridized carbons (Fsp3) is 0.745. The summed E-state index contributed by atoms with van der Waals surface area (Å²) in [5.74, 6) is -7.96. The van der Waals surface area contributed by atoms with E-state index in [4.69, 9.17) is 23.7 Å². The number of piperidine rings is 1. The van der Waals surface area contributed by atoms with Gasteiger partial charge in [0, 0.05) is 58.5 Å². The van der Waals surface area contributed by atoms with E-state index in [1.807, 2.05) is 58.1 Å². The summed E-state index contributed by atoms with van der Waals surface area (Å²) in [5, 5.41) is 33.8. The average molecular weight is 915 g/mol. The lowest BCUT2D eigenvalue weighted by Gasteiger charge is -2.42. The van der Waals surface area contributed by atoms with Gasteiger partial charge in [0.15, 0.2) is 5.78 Å². The van der Waals surface area contributed by atoms with Gasteiger partial charge >= 0.3 is 7.40 Å². The number of cyclic esters (lactones) is 1. The van der Waals surface area contributed by atoms with E-state index in [0.717, 1.165) is 12.0 Å². The fourth-order valence-corrected chi connectivity index (χ4v) is 10.1. The van der Waals surface area contributed by atoms with E-state index in [2.05, 4.69) is 0 Å². The zero-order valence-corrected chi connectivity index (χ0v) is 40.6. The highest BCUT2D eigenvalue weighted by molar-refractivity contribution is 6.39. The van der Waals surface area contributed by atoms with E-state index >= 15 is 0 Å². The molecule has 0 spiro atoms. The smallest absolute Gasteiger partial charge is 0.460 e. The van der Waals surface area contributed by atoms with Gasteiger partial charge in [-0.25, -0.2) is 4.79 Å². The monoisotopic (exact) mass is 915 g/mol. The van der Waals surface area contributed by atoms with Gasteiger partial charge in [0.2, 0.25) is 5.79 Å². The molecule has 14 heteroatoms. The average Bonchev–Trinajstić information content (AvgIpc) is 3.28. The van der Waals surface area contributed by atoms with Crippen LogP contribution < -0.4 is 0 Å². The van der Waals surface area contributed by atoms with Crippen LogP contribution in [-0.4, -0.2) is 132 Å². The Balaban J connectivity index is 0.0000116. The highest BCUT2D eigenvalue weighted by Crippen LogP contribution is 2.38. The Bertz CT molecular complexity index is 1760. The highest BCUT2D eigenvalue weighted by atomic mass is 16.6. The zero-order chi connectivity index (χ0) is 48.2. The molecule has 0 aromatic carbocycles. The van der Waals surface area contributed by atoms with E-state index < -0.39 is 83.9 Å². The van der Waals surface area contributed by atoms with Gasteiger partial charge in [-0.05, 0) is 107 Å². The van der Waals surface area contributed by atoms with Crippen LogP contribution in [0.2, 0.25) is 0 Å². The Kier molecular flexibility index (Phi) is 21.0. The molecule has 1 saturated carbocycles. The number of aliphatic hydroxyl groups excluding tert-OH is 2.